The Bertz CT molecular complexity index is 2060. The number of halogens is 1. The molecule has 0 unspecified atom stereocenters. The van der Waals surface area contributed by atoms with Gasteiger partial charge in [-0.2, -0.15) is 4.98 Å². The van der Waals surface area contributed by atoms with E-state index in [2.05, 4.69) is 16.6 Å². The first-order valence-electron chi connectivity index (χ1n) is 21.0. The summed E-state index contributed by atoms with van der Waals surface area (Å²) in [6.07, 6.45) is 6.88. The summed E-state index contributed by atoms with van der Waals surface area (Å²) in [5.41, 5.74) is -2.07. The van der Waals surface area contributed by atoms with E-state index in [0.717, 1.165) is 6.42 Å². The van der Waals surface area contributed by atoms with Crippen molar-refractivity contribution in [1.82, 2.24) is 14.6 Å². The van der Waals surface area contributed by atoms with Crippen molar-refractivity contribution in [3.05, 3.63) is 41.4 Å². The van der Waals surface area contributed by atoms with Crippen LogP contribution in [0.25, 0.3) is 10.8 Å². The van der Waals surface area contributed by atoms with Crippen LogP contribution >= 0.6 is 11.6 Å². The molecule has 2 aromatic rings. The molecule has 15 heteroatoms. The van der Waals surface area contributed by atoms with Gasteiger partial charge in [-0.1, -0.05) is 50.1 Å². The Morgan fingerprint density at radius 1 is 1.10 bits per heavy atom. The fraction of sp³-hybridized carbons (Fsp3) is 0.659. The van der Waals surface area contributed by atoms with E-state index in [4.69, 9.17) is 30.5 Å². The first-order valence-corrected chi connectivity index (χ1v) is 22.8. The van der Waals surface area contributed by atoms with Gasteiger partial charge >= 0.3 is 5.97 Å². The van der Waals surface area contributed by atoms with Gasteiger partial charge in [0.1, 0.15) is 18.3 Å². The molecule has 1 aromatic heterocycles. The number of carbonyl (C=O) groups excluding carboxylic acids is 4. The summed E-state index contributed by atoms with van der Waals surface area (Å²) in [5, 5.41) is 1.70. The highest BCUT2D eigenvalue weighted by Gasteiger charge is 2.62. The predicted molar refractivity (Wildman–Crippen MR) is 223 cm³/mol. The molecule has 2 amide bonds. The molecule has 6 rings (SSSR count). The molecule has 2 aliphatic heterocycles. The minimum Gasteiger partial charge on any atom is -0.475 e. The monoisotopic (exact) mass is 857 g/mol. The normalized spacial score (nSPS) is 29.1. The molecule has 324 valence electrons. The number of rotatable bonds is 12. The van der Waals surface area contributed by atoms with Crippen LogP contribution in [0.5, 0.6) is 11.8 Å². The Balaban J connectivity index is 1.38. The standard InChI is InChI=1S/C44H60ClN3O10S/c1-8-28-20-27(2)12-9-10-13-29-24-44(29,41(52)47-59(53,54)43(6)16-17-43)25-36(49)35-21-30(26-48(35)40(51)32(28)23-38(50)58-42(3,4)5)57-39-31-14-11-15-34(45)33(31)22-37(46-39)56-19-18-55-7/h10-11,13-15,22,27-30,32,35H,8-9,12,16-21,23-26H2,1-7H3,(H,47,52)/b13-10-/t27-,28-,29-,30-,32+,35+,44-/m1/s1. The minimum atomic E-state index is -3.98. The number of esters is 1. The summed E-state index contributed by atoms with van der Waals surface area (Å²) in [7, 11) is -2.41. The summed E-state index contributed by atoms with van der Waals surface area (Å²) >= 11 is 6.63. The van der Waals surface area contributed by atoms with Crippen molar-refractivity contribution in [1.29, 1.82) is 0 Å². The maximum Gasteiger partial charge on any atom is 0.307 e. The average Bonchev–Trinajstić information content (AvgIpc) is 4.04. The number of ether oxygens (including phenoxy) is 4. The molecule has 1 aromatic carbocycles. The minimum absolute atomic E-state index is 0.000192. The smallest absolute Gasteiger partial charge is 0.307 e. The lowest BCUT2D eigenvalue weighted by atomic mass is 9.79. The van der Waals surface area contributed by atoms with Crippen LogP contribution in [-0.2, 0) is 38.7 Å². The van der Waals surface area contributed by atoms with Gasteiger partial charge in [-0.25, -0.2) is 8.42 Å². The highest BCUT2D eigenvalue weighted by Crippen LogP contribution is 2.58. The first kappa shape index (κ1) is 44.8. The molecular formula is C44H60ClN3O10S. The highest BCUT2D eigenvalue weighted by atomic mass is 35.5. The number of nitrogens with one attached hydrogen (secondary N) is 1. The fourth-order valence-corrected chi connectivity index (χ4v) is 10.2. The van der Waals surface area contributed by atoms with Crippen LogP contribution in [0.1, 0.15) is 106 Å². The Labute approximate surface area is 353 Å². The Morgan fingerprint density at radius 3 is 2.53 bits per heavy atom. The number of benzene rings is 1. The van der Waals surface area contributed by atoms with Crippen molar-refractivity contribution in [3.8, 4) is 11.8 Å². The third-order valence-corrected chi connectivity index (χ3v) is 15.0. The average molecular weight is 858 g/mol. The van der Waals surface area contributed by atoms with Crippen LogP contribution in [0.3, 0.4) is 0 Å². The Kier molecular flexibility index (Phi) is 13.4. The molecule has 3 heterocycles. The van der Waals surface area contributed by atoms with E-state index in [0.29, 0.717) is 60.9 Å². The molecule has 3 fully saturated rings. The van der Waals surface area contributed by atoms with E-state index in [-0.39, 0.29) is 73.6 Å². The van der Waals surface area contributed by atoms with Crippen molar-refractivity contribution >= 4 is 56.0 Å². The predicted octanol–water partition coefficient (Wildman–Crippen LogP) is 6.98. The number of pyridine rings is 1. The van der Waals surface area contributed by atoms with Crippen molar-refractivity contribution in [3.63, 3.8) is 0 Å². The van der Waals surface area contributed by atoms with Crippen LogP contribution in [0.2, 0.25) is 5.02 Å². The van der Waals surface area contributed by atoms with Gasteiger partial charge in [0.2, 0.25) is 33.6 Å². The third kappa shape index (κ3) is 10.2. The number of carbonyl (C=O) groups is 4. The number of nitrogens with zero attached hydrogens (tertiary/aromatic N) is 2. The summed E-state index contributed by atoms with van der Waals surface area (Å²) in [6.45, 7) is 11.6. The van der Waals surface area contributed by atoms with E-state index >= 15 is 4.79 Å². The fourth-order valence-electron chi connectivity index (χ4n) is 8.64. The van der Waals surface area contributed by atoms with E-state index in [1.165, 1.54) is 4.90 Å². The Morgan fingerprint density at radius 2 is 1.85 bits per heavy atom. The SMILES string of the molecule is CC[C@@H]1C[C@H](C)CC/C=C\[C@@H]2C[C@@]2(C(=O)NS(=O)(=O)C2(C)CC2)CC(=O)[C@@H]2C[C@@H](Oc3nc(OCCOC)cc4c(Cl)cccc34)CN2C(=O)[C@H]1CC(=O)OC(C)(C)C. The number of hydrogen-bond acceptors (Lipinski definition) is 11. The van der Waals surface area contributed by atoms with E-state index in [1.807, 2.05) is 25.1 Å². The van der Waals surface area contributed by atoms with E-state index in [9.17, 15) is 22.8 Å². The number of allylic oxidation sites excluding steroid dienone is 2. The number of methoxy groups -OCH3 is 1. The molecule has 0 spiro atoms. The second kappa shape index (κ2) is 17.7. The zero-order valence-electron chi connectivity index (χ0n) is 35.4. The number of hydrogen-bond donors (Lipinski definition) is 1. The van der Waals surface area contributed by atoms with Crippen molar-refractivity contribution in [2.24, 2.45) is 29.1 Å². The van der Waals surface area contributed by atoms with Crippen molar-refractivity contribution in [2.45, 2.75) is 128 Å². The van der Waals surface area contributed by atoms with Crippen LogP contribution in [0, 0.1) is 29.1 Å². The quantitative estimate of drug-likeness (QED) is 0.133. The molecule has 7 atom stereocenters. The Hall–Kier alpha value is -3.75. The molecule has 2 saturated carbocycles. The van der Waals surface area contributed by atoms with Crippen molar-refractivity contribution < 1.29 is 46.5 Å². The maximum absolute atomic E-state index is 15.1. The molecule has 0 bridgehead atoms. The molecular weight excluding hydrogens is 798 g/mol. The molecule has 4 aliphatic rings. The number of amides is 2. The highest BCUT2D eigenvalue weighted by molar-refractivity contribution is 7.91. The number of fused-ring (bicyclic) bond motifs is 3. The molecule has 59 heavy (non-hydrogen) atoms. The lowest BCUT2D eigenvalue weighted by Gasteiger charge is -2.33. The van der Waals surface area contributed by atoms with Gasteiger partial charge in [0.05, 0.1) is 41.7 Å². The largest absolute Gasteiger partial charge is 0.475 e. The summed E-state index contributed by atoms with van der Waals surface area (Å²) in [6, 6.07) is 6.02. The maximum atomic E-state index is 15.1. The summed E-state index contributed by atoms with van der Waals surface area (Å²) in [5.74, 6) is -2.62. The van der Waals surface area contributed by atoms with Gasteiger partial charge in [0.15, 0.2) is 5.78 Å². The molecule has 1 N–H and O–H groups in total. The van der Waals surface area contributed by atoms with Crippen LogP contribution in [-0.4, -0.2) is 91.2 Å². The summed E-state index contributed by atoms with van der Waals surface area (Å²) < 4.78 is 51.3. The second-order valence-electron chi connectivity index (χ2n) is 18.3. The third-order valence-electron chi connectivity index (χ3n) is 12.5. The van der Waals surface area contributed by atoms with Gasteiger partial charge in [-0.05, 0) is 96.1 Å². The number of ketones is 1. The molecule has 2 aliphatic carbocycles. The molecule has 13 nitrogen and oxygen atoms in total. The number of aromatic nitrogens is 1. The number of sulfonamides is 1. The van der Waals surface area contributed by atoms with Crippen molar-refractivity contribution in [2.75, 3.05) is 26.9 Å². The van der Waals surface area contributed by atoms with Gasteiger partial charge in [-0.15, -0.1) is 0 Å². The summed E-state index contributed by atoms with van der Waals surface area (Å²) in [4.78, 5) is 63.7. The molecule has 1 saturated heterocycles. The topological polar surface area (TPSA) is 168 Å². The van der Waals surface area contributed by atoms with Gasteiger partial charge in [0, 0.05) is 41.8 Å². The molecule has 0 radical (unpaired) electrons. The van der Waals surface area contributed by atoms with E-state index in [1.54, 1.807) is 53.0 Å². The lowest BCUT2D eigenvalue weighted by Crippen LogP contribution is -2.48. The van der Waals surface area contributed by atoms with Crippen LogP contribution in [0.15, 0.2) is 36.4 Å². The lowest BCUT2D eigenvalue weighted by molar-refractivity contribution is -0.160. The second-order valence-corrected chi connectivity index (χ2v) is 20.9. The van der Waals surface area contributed by atoms with Crippen LogP contribution < -0.4 is 14.2 Å². The first-order chi connectivity index (χ1) is 27.8. The van der Waals surface area contributed by atoms with Gasteiger partial charge in [-0.3, -0.25) is 23.9 Å². The number of Topliss-reactive ketones (excluding diaryl/α,β-unsaturated/α-hetero) is 1. The van der Waals surface area contributed by atoms with Gasteiger partial charge < -0.3 is 23.8 Å². The van der Waals surface area contributed by atoms with Gasteiger partial charge in [0.25, 0.3) is 0 Å². The van der Waals surface area contributed by atoms with Crippen LogP contribution in [0.4, 0.5) is 0 Å². The zero-order chi connectivity index (χ0) is 42.9. The van der Waals surface area contributed by atoms with E-state index < -0.39 is 55.7 Å². The zero-order valence-corrected chi connectivity index (χ0v) is 37.0.